The fourth-order valence-corrected chi connectivity index (χ4v) is 1.95. The molecule has 17 heavy (non-hydrogen) atoms. The quantitative estimate of drug-likeness (QED) is 0.852. The van der Waals surface area contributed by atoms with E-state index in [0.717, 1.165) is 24.5 Å². The molecule has 1 aromatic rings. The lowest BCUT2D eigenvalue weighted by Gasteiger charge is -2.17. The summed E-state index contributed by atoms with van der Waals surface area (Å²) >= 11 is 0. The van der Waals surface area contributed by atoms with Crippen LogP contribution in [0.15, 0.2) is 18.2 Å². The predicted octanol–water partition coefficient (Wildman–Crippen LogP) is 3.00. The van der Waals surface area contributed by atoms with Crippen molar-refractivity contribution in [2.45, 2.75) is 33.6 Å². The van der Waals surface area contributed by atoms with Gasteiger partial charge in [0.2, 0.25) is 5.91 Å². The molecule has 2 rings (SSSR count). The van der Waals surface area contributed by atoms with Gasteiger partial charge < -0.3 is 10.1 Å². The van der Waals surface area contributed by atoms with Crippen LogP contribution in [0.5, 0.6) is 5.75 Å². The van der Waals surface area contributed by atoms with Crippen molar-refractivity contribution in [1.29, 1.82) is 0 Å². The number of rotatable bonds is 2. The first-order valence-electron chi connectivity index (χ1n) is 6.00. The number of hydrogen-bond acceptors (Lipinski definition) is 2. The summed E-state index contributed by atoms with van der Waals surface area (Å²) in [5.41, 5.74) is 2.06. The first kappa shape index (κ1) is 12.0. The molecular formula is C14H19NO2. The van der Waals surface area contributed by atoms with Crippen LogP contribution in [0.1, 0.15) is 32.8 Å². The predicted molar refractivity (Wildman–Crippen MR) is 68.3 cm³/mol. The van der Waals surface area contributed by atoms with Crippen molar-refractivity contribution in [2.24, 2.45) is 5.41 Å². The molecule has 0 saturated carbocycles. The molecule has 1 amide bonds. The van der Waals surface area contributed by atoms with E-state index >= 15 is 0 Å². The fraction of sp³-hybridized carbons (Fsp3) is 0.500. The van der Waals surface area contributed by atoms with E-state index in [9.17, 15) is 4.79 Å². The highest BCUT2D eigenvalue weighted by Crippen LogP contribution is 2.28. The molecule has 1 N–H and O–H groups in total. The van der Waals surface area contributed by atoms with Gasteiger partial charge in [0.1, 0.15) is 5.75 Å². The second-order valence-corrected chi connectivity index (χ2v) is 5.71. The van der Waals surface area contributed by atoms with Gasteiger partial charge in [-0.05, 0) is 29.2 Å². The van der Waals surface area contributed by atoms with E-state index < -0.39 is 0 Å². The Hall–Kier alpha value is -1.51. The van der Waals surface area contributed by atoms with Crippen molar-refractivity contribution in [3.8, 4) is 5.75 Å². The number of benzene rings is 1. The Labute approximate surface area is 102 Å². The summed E-state index contributed by atoms with van der Waals surface area (Å²) in [5.74, 6) is 1.01. The second kappa shape index (κ2) is 4.40. The van der Waals surface area contributed by atoms with Crippen LogP contribution in [-0.4, -0.2) is 12.5 Å². The zero-order valence-corrected chi connectivity index (χ0v) is 10.7. The molecule has 0 aromatic heterocycles. The fourth-order valence-electron chi connectivity index (χ4n) is 1.95. The molecular weight excluding hydrogens is 214 g/mol. The Kier molecular flexibility index (Phi) is 3.09. The van der Waals surface area contributed by atoms with Crippen LogP contribution in [-0.2, 0) is 11.2 Å². The number of nitrogens with one attached hydrogen (secondary N) is 1. The summed E-state index contributed by atoms with van der Waals surface area (Å²) in [5, 5.41) is 2.93. The molecule has 0 saturated heterocycles. The molecule has 0 bridgehead atoms. The molecule has 1 aromatic carbocycles. The maximum Gasteiger partial charge on any atom is 0.224 e. The smallest absolute Gasteiger partial charge is 0.224 e. The zero-order chi connectivity index (χ0) is 12.5. The summed E-state index contributed by atoms with van der Waals surface area (Å²) in [6, 6.07) is 5.82. The maximum atomic E-state index is 11.8. The summed E-state index contributed by atoms with van der Waals surface area (Å²) in [6.45, 7) is 6.92. The third-order valence-electron chi connectivity index (χ3n) is 2.66. The first-order valence-corrected chi connectivity index (χ1v) is 6.00. The molecule has 3 heteroatoms. The molecule has 0 unspecified atom stereocenters. The van der Waals surface area contributed by atoms with E-state index in [2.05, 4.69) is 26.1 Å². The van der Waals surface area contributed by atoms with Crippen LogP contribution in [0.25, 0.3) is 0 Å². The lowest BCUT2D eigenvalue weighted by atomic mass is 9.92. The van der Waals surface area contributed by atoms with Crippen LogP contribution in [0.2, 0.25) is 0 Å². The molecule has 0 spiro atoms. The molecule has 0 aliphatic carbocycles. The van der Waals surface area contributed by atoms with Gasteiger partial charge in [0, 0.05) is 18.5 Å². The van der Waals surface area contributed by atoms with Gasteiger partial charge in [-0.3, -0.25) is 4.79 Å². The van der Waals surface area contributed by atoms with E-state index in [-0.39, 0.29) is 11.3 Å². The van der Waals surface area contributed by atoms with Gasteiger partial charge in [0.25, 0.3) is 0 Å². The average molecular weight is 233 g/mol. The van der Waals surface area contributed by atoms with Crippen molar-refractivity contribution in [3.63, 3.8) is 0 Å². The van der Waals surface area contributed by atoms with Crippen LogP contribution in [0.3, 0.4) is 0 Å². The minimum atomic E-state index is 0.0178. The van der Waals surface area contributed by atoms with Gasteiger partial charge in [0.15, 0.2) is 0 Å². The molecule has 1 aliphatic rings. The molecule has 1 aliphatic heterocycles. The Balaban J connectivity index is 2.02. The Morgan fingerprint density at radius 1 is 1.41 bits per heavy atom. The molecule has 92 valence electrons. The van der Waals surface area contributed by atoms with E-state index in [1.807, 2.05) is 18.2 Å². The van der Waals surface area contributed by atoms with E-state index in [0.29, 0.717) is 6.42 Å². The minimum absolute atomic E-state index is 0.0178. The SMILES string of the molecule is CC(C)(C)CC(=O)Nc1ccc2c(c1)CCO2. The molecule has 1 heterocycles. The normalized spacial score (nSPS) is 14.1. The lowest BCUT2D eigenvalue weighted by molar-refractivity contribution is -0.117. The Bertz CT molecular complexity index is 432. The van der Waals surface area contributed by atoms with E-state index in [1.54, 1.807) is 0 Å². The van der Waals surface area contributed by atoms with Gasteiger partial charge in [-0.15, -0.1) is 0 Å². The number of carbonyl (C=O) groups is 1. The molecule has 0 fully saturated rings. The topological polar surface area (TPSA) is 38.3 Å². The highest BCUT2D eigenvalue weighted by Gasteiger charge is 2.17. The van der Waals surface area contributed by atoms with Crippen molar-refractivity contribution < 1.29 is 9.53 Å². The maximum absolute atomic E-state index is 11.8. The standard InChI is InChI=1S/C14H19NO2/c1-14(2,3)9-13(16)15-11-4-5-12-10(8-11)6-7-17-12/h4-5,8H,6-7,9H2,1-3H3,(H,15,16). The van der Waals surface area contributed by atoms with E-state index in [1.165, 1.54) is 5.56 Å². The highest BCUT2D eigenvalue weighted by molar-refractivity contribution is 5.91. The summed E-state index contributed by atoms with van der Waals surface area (Å²) in [6.07, 6.45) is 1.46. The molecule has 3 nitrogen and oxygen atoms in total. The Morgan fingerprint density at radius 3 is 2.88 bits per heavy atom. The van der Waals surface area contributed by atoms with Crippen molar-refractivity contribution in [1.82, 2.24) is 0 Å². The largest absolute Gasteiger partial charge is 0.493 e. The highest BCUT2D eigenvalue weighted by atomic mass is 16.5. The molecule has 0 radical (unpaired) electrons. The van der Waals surface area contributed by atoms with Crippen LogP contribution in [0.4, 0.5) is 5.69 Å². The number of hydrogen-bond donors (Lipinski definition) is 1. The number of amides is 1. The number of fused-ring (bicyclic) bond motifs is 1. The van der Waals surface area contributed by atoms with Gasteiger partial charge >= 0.3 is 0 Å². The van der Waals surface area contributed by atoms with Crippen molar-refractivity contribution in [3.05, 3.63) is 23.8 Å². The average Bonchev–Trinajstić information content (AvgIpc) is 2.61. The number of carbonyl (C=O) groups excluding carboxylic acids is 1. The van der Waals surface area contributed by atoms with Gasteiger partial charge in [-0.25, -0.2) is 0 Å². The number of anilines is 1. The van der Waals surface area contributed by atoms with Gasteiger partial charge in [-0.1, -0.05) is 20.8 Å². The van der Waals surface area contributed by atoms with Crippen LogP contribution in [0, 0.1) is 5.41 Å². The second-order valence-electron chi connectivity index (χ2n) is 5.71. The summed E-state index contributed by atoms with van der Waals surface area (Å²) in [4.78, 5) is 11.8. The summed E-state index contributed by atoms with van der Waals surface area (Å²) < 4.78 is 5.43. The van der Waals surface area contributed by atoms with Crippen molar-refractivity contribution in [2.75, 3.05) is 11.9 Å². The first-order chi connectivity index (χ1) is 7.94. The van der Waals surface area contributed by atoms with Crippen LogP contribution < -0.4 is 10.1 Å². The lowest BCUT2D eigenvalue weighted by Crippen LogP contribution is -2.19. The summed E-state index contributed by atoms with van der Waals surface area (Å²) in [7, 11) is 0. The van der Waals surface area contributed by atoms with Gasteiger partial charge in [0.05, 0.1) is 6.61 Å². The third-order valence-corrected chi connectivity index (χ3v) is 2.66. The zero-order valence-electron chi connectivity index (χ0n) is 10.7. The number of ether oxygens (including phenoxy) is 1. The van der Waals surface area contributed by atoms with Crippen LogP contribution >= 0.6 is 0 Å². The van der Waals surface area contributed by atoms with E-state index in [4.69, 9.17) is 4.74 Å². The third kappa shape index (κ3) is 3.22. The van der Waals surface area contributed by atoms with Crippen molar-refractivity contribution >= 4 is 11.6 Å². The van der Waals surface area contributed by atoms with Gasteiger partial charge in [-0.2, -0.15) is 0 Å². The molecule has 0 atom stereocenters. The monoisotopic (exact) mass is 233 g/mol. The Morgan fingerprint density at radius 2 is 2.18 bits per heavy atom. The minimum Gasteiger partial charge on any atom is -0.493 e.